The molecule has 0 aromatic carbocycles. The largest absolute Gasteiger partial charge is 0.327 e. The Bertz CT molecular complexity index is 120. The first-order valence-electron chi connectivity index (χ1n) is 4.78. The maximum absolute atomic E-state index is 11.9. The summed E-state index contributed by atoms with van der Waals surface area (Å²) in [4.78, 5) is 1.59. The van der Waals surface area contributed by atoms with E-state index in [9.17, 15) is 8.78 Å². The minimum absolute atomic E-state index is 0.0312. The zero-order chi connectivity index (χ0) is 10.3. The number of nitrogens with zero attached hydrogens (tertiary/aromatic N) is 1. The van der Waals surface area contributed by atoms with E-state index < -0.39 is 6.43 Å². The molecule has 2 N–H and O–H groups in total. The SMILES string of the molecule is CCCCC(N)CN(C)CC(F)F. The Balaban J connectivity index is 3.46. The quantitative estimate of drug-likeness (QED) is 0.668. The van der Waals surface area contributed by atoms with Crippen molar-refractivity contribution in [3.8, 4) is 0 Å². The van der Waals surface area contributed by atoms with E-state index in [1.54, 1.807) is 11.9 Å². The lowest BCUT2D eigenvalue weighted by Crippen LogP contribution is -2.37. The normalized spacial score (nSPS) is 14.1. The van der Waals surface area contributed by atoms with Gasteiger partial charge in [0.1, 0.15) is 0 Å². The monoisotopic (exact) mass is 194 g/mol. The van der Waals surface area contributed by atoms with Crippen LogP contribution < -0.4 is 5.73 Å². The van der Waals surface area contributed by atoms with Gasteiger partial charge in [-0.15, -0.1) is 0 Å². The molecule has 0 fully saturated rings. The summed E-state index contributed by atoms with van der Waals surface area (Å²) in [6.07, 6.45) is 0.836. The maximum atomic E-state index is 11.9. The predicted octanol–water partition coefficient (Wildman–Crippen LogP) is 1.70. The van der Waals surface area contributed by atoms with Gasteiger partial charge >= 0.3 is 0 Å². The molecular formula is C9H20F2N2. The molecule has 2 nitrogen and oxygen atoms in total. The Hall–Kier alpha value is -0.220. The molecule has 0 aliphatic rings. The second-order valence-electron chi connectivity index (χ2n) is 3.51. The number of rotatable bonds is 7. The summed E-state index contributed by atoms with van der Waals surface area (Å²) in [6.45, 7) is 2.47. The van der Waals surface area contributed by atoms with Gasteiger partial charge in [-0.25, -0.2) is 8.78 Å². The van der Waals surface area contributed by atoms with Crippen molar-refractivity contribution in [1.29, 1.82) is 0 Å². The number of halogens is 2. The van der Waals surface area contributed by atoms with Crippen LogP contribution >= 0.6 is 0 Å². The number of unbranched alkanes of at least 4 members (excludes halogenated alkanes) is 1. The van der Waals surface area contributed by atoms with Gasteiger partial charge < -0.3 is 5.73 Å². The molecule has 4 heteroatoms. The fourth-order valence-corrected chi connectivity index (χ4v) is 1.27. The second kappa shape index (κ2) is 7.21. The van der Waals surface area contributed by atoms with E-state index in [-0.39, 0.29) is 12.6 Å². The Kier molecular flexibility index (Phi) is 7.09. The van der Waals surface area contributed by atoms with Gasteiger partial charge in [0.15, 0.2) is 0 Å². The molecule has 0 heterocycles. The van der Waals surface area contributed by atoms with Crippen LogP contribution in [0.2, 0.25) is 0 Å². The molecule has 0 saturated carbocycles. The average Bonchev–Trinajstić information content (AvgIpc) is 1.98. The van der Waals surface area contributed by atoms with Gasteiger partial charge in [0.05, 0.1) is 6.54 Å². The van der Waals surface area contributed by atoms with Crippen molar-refractivity contribution >= 4 is 0 Å². The van der Waals surface area contributed by atoms with Gasteiger partial charge in [-0.1, -0.05) is 19.8 Å². The minimum atomic E-state index is -2.26. The van der Waals surface area contributed by atoms with Crippen LogP contribution in [0.25, 0.3) is 0 Å². The molecule has 1 unspecified atom stereocenters. The third kappa shape index (κ3) is 8.12. The molecule has 0 saturated heterocycles. The Morgan fingerprint density at radius 3 is 2.38 bits per heavy atom. The molecule has 0 rings (SSSR count). The van der Waals surface area contributed by atoms with Crippen molar-refractivity contribution < 1.29 is 8.78 Å². The van der Waals surface area contributed by atoms with Crippen LogP contribution in [-0.4, -0.2) is 37.5 Å². The van der Waals surface area contributed by atoms with E-state index in [1.165, 1.54) is 0 Å². The molecule has 1 atom stereocenters. The molecule has 13 heavy (non-hydrogen) atoms. The zero-order valence-corrected chi connectivity index (χ0v) is 8.47. The maximum Gasteiger partial charge on any atom is 0.251 e. The molecule has 0 radical (unpaired) electrons. The summed E-state index contributed by atoms with van der Waals surface area (Å²) < 4.78 is 23.8. The molecule has 0 aliphatic carbocycles. The predicted molar refractivity (Wildman–Crippen MR) is 51.0 cm³/mol. The van der Waals surface area contributed by atoms with E-state index in [4.69, 9.17) is 5.73 Å². The summed E-state index contributed by atoms with van der Waals surface area (Å²) in [5.74, 6) is 0. The molecule has 0 spiro atoms. The van der Waals surface area contributed by atoms with E-state index in [1.807, 2.05) is 0 Å². The van der Waals surface area contributed by atoms with Gasteiger partial charge in [-0.05, 0) is 13.5 Å². The molecule has 0 aromatic heterocycles. The Labute approximate surface area is 79.1 Å². The summed E-state index contributed by atoms with van der Waals surface area (Å²) in [5, 5.41) is 0. The zero-order valence-electron chi connectivity index (χ0n) is 8.47. The van der Waals surface area contributed by atoms with Gasteiger partial charge in [0.25, 0.3) is 6.43 Å². The highest BCUT2D eigenvalue weighted by molar-refractivity contribution is 4.66. The van der Waals surface area contributed by atoms with Crippen molar-refractivity contribution in [2.45, 2.75) is 38.7 Å². The number of nitrogens with two attached hydrogens (primary N) is 1. The van der Waals surface area contributed by atoms with E-state index in [0.29, 0.717) is 6.54 Å². The highest BCUT2D eigenvalue weighted by atomic mass is 19.3. The lowest BCUT2D eigenvalue weighted by Gasteiger charge is -2.20. The van der Waals surface area contributed by atoms with E-state index in [2.05, 4.69) is 6.92 Å². The van der Waals surface area contributed by atoms with E-state index in [0.717, 1.165) is 19.3 Å². The van der Waals surface area contributed by atoms with Crippen LogP contribution in [-0.2, 0) is 0 Å². The Morgan fingerprint density at radius 2 is 1.92 bits per heavy atom. The van der Waals surface area contributed by atoms with Crippen LogP contribution in [0.3, 0.4) is 0 Å². The lowest BCUT2D eigenvalue weighted by molar-refractivity contribution is 0.0973. The van der Waals surface area contributed by atoms with Crippen LogP contribution in [0.4, 0.5) is 8.78 Å². The first-order chi connectivity index (χ1) is 6.06. The fraction of sp³-hybridized carbons (Fsp3) is 1.00. The summed E-state index contributed by atoms with van der Waals surface area (Å²) in [7, 11) is 1.68. The van der Waals surface area contributed by atoms with Crippen molar-refractivity contribution in [2.75, 3.05) is 20.1 Å². The van der Waals surface area contributed by atoms with Crippen LogP contribution in [0, 0.1) is 0 Å². The van der Waals surface area contributed by atoms with Crippen molar-refractivity contribution in [3.05, 3.63) is 0 Å². The molecule has 0 bridgehead atoms. The van der Waals surface area contributed by atoms with Crippen molar-refractivity contribution in [1.82, 2.24) is 4.90 Å². The summed E-state index contributed by atoms with van der Waals surface area (Å²) in [5.41, 5.74) is 5.75. The Morgan fingerprint density at radius 1 is 1.31 bits per heavy atom. The number of likely N-dealkylation sites (N-methyl/N-ethyl adjacent to an activating group) is 1. The van der Waals surface area contributed by atoms with Gasteiger partial charge in [-0.2, -0.15) is 0 Å². The molecule has 0 aromatic rings. The first-order valence-corrected chi connectivity index (χ1v) is 4.78. The molecule has 0 amide bonds. The summed E-state index contributed by atoms with van der Waals surface area (Å²) >= 11 is 0. The van der Waals surface area contributed by atoms with Gasteiger partial charge in [-0.3, -0.25) is 4.90 Å². The number of alkyl halides is 2. The van der Waals surface area contributed by atoms with Crippen LogP contribution in [0.1, 0.15) is 26.2 Å². The lowest BCUT2D eigenvalue weighted by atomic mass is 10.1. The summed E-state index contributed by atoms with van der Waals surface area (Å²) in [6, 6.07) is 0.0312. The topological polar surface area (TPSA) is 29.3 Å². The highest BCUT2D eigenvalue weighted by Crippen LogP contribution is 2.01. The first kappa shape index (κ1) is 12.8. The third-order valence-corrected chi connectivity index (χ3v) is 1.92. The smallest absolute Gasteiger partial charge is 0.251 e. The average molecular weight is 194 g/mol. The molecular weight excluding hydrogens is 174 g/mol. The van der Waals surface area contributed by atoms with Crippen LogP contribution in [0.5, 0.6) is 0 Å². The number of hydrogen-bond donors (Lipinski definition) is 1. The van der Waals surface area contributed by atoms with Gasteiger partial charge in [0, 0.05) is 12.6 Å². The second-order valence-corrected chi connectivity index (χ2v) is 3.51. The fourth-order valence-electron chi connectivity index (χ4n) is 1.27. The van der Waals surface area contributed by atoms with Crippen molar-refractivity contribution in [3.63, 3.8) is 0 Å². The third-order valence-electron chi connectivity index (χ3n) is 1.92. The minimum Gasteiger partial charge on any atom is -0.327 e. The van der Waals surface area contributed by atoms with Crippen LogP contribution in [0.15, 0.2) is 0 Å². The molecule has 0 aliphatic heterocycles. The van der Waals surface area contributed by atoms with Gasteiger partial charge in [0.2, 0.25) is 0 Å². The molecule has 80 valence electrons. The van der Waals surface area contributed by atoms with Crippen molar-refractivity contribution in [2.24, 2.45) is 5.73 Å². The number of hydrogen-bond acceptors (Lipinski definition) is 2. The van der Waals surface area contributed by atoms with E-state index >= 15 is 0 Å². The highest BCUT2D eigenvalue weighted by Gasteiger charge is 2.10. The standard InChI is InChI=1S/C9H20F2N2/c1-3-4-5-8(12)6-13(2)7-9(10)11/h8-9H,3-7,12H2,1-2H3.